The van der Waals surface area contributed by atoms with Gasteiger partial charge in [-0.2, -0.15) is 12.8 Å². The van der Waals surface area contributed by atoms with Crippen LogP contribution in [0.4, 0.5) is 0 Å². The molecule has 0 saturated heterocycles. The molecule has 55 heavy (non-hydrogen) atoms. The second-order valence-electron chi connectivity index (χ2n) is 14.6. The predicted octanol–water partition coefficient (Wildman–Crippen LogP) is 15.6. The standard InChI is InChI=1S/C24H23NO.C18H12ClNO.C6H11.BrH.Zn/c1-16-15-25-22(14-21(16)17-8-3-2-4-9-17)20-12-7-11-19-18-10-5-6-13-23(18)26-24(19)20;1-11-10-20-16(9-15(11)19)14-7-4-6-13-12-5-2-3-8-17(12)21-18(13)14;1-2-4-6-5-3-1;;/h5-7,10-15,17H,2-4,8-9H2,1H3;2-10H,1H3;1H,2-6H2;1H;/q;;-1;;+2/p-1. The summed E-state index contributed by atoms with van der Waals surface area (Å²) in [7, 11) is 0. The number of halogens is 2. The number of hydrogen-bond acceptors (Lipinski definition) is 4. The molecule has 4 aromatic heterocycles. The van der Waals surface area contributed by atoms with Crippen molar-refractivity contribution in [3.63, 3.8) is 0 Å². The summed E-state index contributed by atoms with van der Waals surface area (Å²) in [5.41, 5.74) is 11.3. The Balaban J connectivity index is 0.000000143. The van der Waals surface area contributed by atoms with Gasteiger partial charge in [-0.25, -0.2) is 0 Å². The molecular weight excluding hydrogens is 817 g/mol. The number of furan rings is 2. The van der Waals surface area contributed by atoms with Crippen molar-refractivity contribution in [1.29, 1.82) is 0 Å². The van der Waals surface area contributed by atoms with Crippen molar-refractivity contribution in [1.82, 2.24) is 9.97 Å². The van der Waals surface area contributed by atoms with E-state index in [0.717, 1.165) is 61.2 Å². The zero-order chi connectivity index (χ0) is 38.1. The molecule has 4 heterocycles. The maximum absolute atomic E-state index is 6.22. The number of aromatic nitrogens is 2. The third-order valence-corrected chi connectivity index (χ3v) is 11.3. The van der Waals surface area contributed by atoms with Gasteiger partial charge in [0, 0.05) is 50.1 Å². The maximum atomic E-state index is 6.22. The van der Waals surface area contributed by atoms with Crippen LogP contribution in [0.5, 0.6) is 0 Å². The van der Waals surface area contributed by atoms with E-state index in [1.165, 1.54) is 102 Å². The van der Waals surface area contributed by atoms with Gasteiger partial charge in [-0.05, 0) is 85.7 Å². The van der Waals surface area contributed by atoms with Crippen LogP contribution in [0.15, 0.2) is 118 Å². The Morgan fingerprint density at radius 2 is 1.09 bits per heavy atom. The van der Waals surface area contributed by atoms with E-state index in [0.29, 0.717) is 10.9 Å². The molecule has 0 aliphatic heterocycles. The van der Waals surface area contributed by atoms with Crippen molar-refractivity contribution in [2.45, 2.75) is 84.0 Å². The molecule has 0 radical (unpaired) electrons. The topological polar surface area (TPSA) is 52.1 Å². The van der Waals surface area contributed by atoms with E-state index in [1.807, 2.05) is 61.7 Å². The van der Waals surface area contributed by atoms with Gasteiger partial charge in [-0.1, -0.05) is 111 Å². The van der Waals surface area contributed by atoms with Crippen LogP contribution in [0.2, 0.25) is 5.02 Å². The number of pyridine rings is 2. The van der Waals surface area contributed by atoms with E-state index in [2.05, 4.69) is 80.5 Å². The summed E-state index contributed by atoms with van der Waals surface area (Å²) in [6.07, 6.45) is 20.0. The van der Waals surface area contributed by atoms with Crippen LogP contribution >= 0.6 is 25.2 Å². The van der Waals surface area contributed by atoms with Gasteiger partial charge >= 0.3 is 30.0 Å². The second kappa shape index (κ2) is 18.9. The van der Waals surface area contributed by atoms with Crippen LogP contribution in [0.25, 0.3) is 66.4 Å². The average Bonchev–Trinajstić information content (AvgIpc) is 3.83. The molecule has 4 nitrogen and oxygen atoms in total. The third-order valence-electron chi connectivity index (χ3n) is 10.9. The van der Waals surface area contributed by atoms with E-state index in [9.17, 15) is 0 Å². The Bertz CT molecular complexity index is 2500. The van der Waals surface area contributed by atoms with E-state index >= 15 is 0 Å². The quantitative estimate of drug-likeness (QED) is 0.131. The van der Waals surface area contributed by atoms with Crippen LogP contribution in [-0.4, -0.2) is 9.97 Å². The zero-order valence-corrected chi connectivity index (χ0v) is 37.1. The van der Waals surface area contributed by atoms with Gasteiger partial charge < -0.3 is 15.3 Å². The minimum atomic E-state index is 0.681. The summed E-state index contributed by atoms with van der Waals surface area (Å²) in [6, 6.07) is 33.0. The number of nitrogens with zero attached hydrogens (tertiary/aromatic N) is 2. The first-order chi connectivity index (χ1) is 27.0. The van der Waals surface area contributed by atoms with Gasteiger partial charge in [0.1, 0.15) is 22.3 Å². The Kier molecular flexibility index (Phi) is 13.5. The van der Waals surface area contributed by atoms with Crippen molar-refractivity contribution in [2.75, 3.05) is 0 Å². The summed E-state index contributed by atoms with van der Waals surface area (Å²) in [4.78, 5) is 9.25. The van der Waals surface area contributed by atoms with Gasteiger partial charge in [0.15, 0.2) is 0 Å². The van der Waals surface area contributed by atoms with E-state index < -0.39 is 0 Å². The molecule has 0 N–H and O–H groups in total. The molecule has 0 spiro atoms. The Hall–Kier alpha value is -3.83. The number of rotatable bonds is 3. The fourth-order valence-electron chi connectivity index (χ4n) is 7.98. The average molecular weight is 864 g/mol. The number of aryl methyl sites for hydroxylation is 2. The molecule has 0 amide bonds. The van der Waals surface area contributed by atoms with Crippen LogP contribution < -0.4 is 0 Å². The van der Waals surface area contributed by atoms with E-state index in [4.69, 9.17) is 25.4 Å². The van der Waals surface area contributed by atoms with Gasteiger partial charge in [0.25, 0.3) is 0 Å². The fraction of sp³-hybridized carbons (Fsp3) is 0.271. The molecule has 2 fully saturated rings. The molecule has 10 rings (SSSR count). The van der Waals surface area contributed by atoms with Crippen molar-refractivity contribution in [3.8, 4) is 22.5 Å². The van der Waals surface area contributed by atoms with Gasteiger partial charge in [0.05, 0.1) is 11.4 Å². The molecule has 4 aromatic carbocycles. The molecule has 2 aliphatic carbocycles. The summed E-state index contributed by atoms with van der Waals surface area (Å²) >= 11 is 10.5. The zero-order valence-electron chi connectivity index (χ0n) is 31.8. The van der Waals surface area contributed by atoms with Crippen LogP contribution in [0, 0.1) is 20.3 Å². The first kappa shape index (κ1) is 39.4. The molecule has 8 aromatic rings. The van der Waals surface area contributed by atoms with E-state index in [-0.39, 0.29) is 0 Å². The van der Waals surface area contributed by atoms with E-state index in [1.54, 1.807) is 6.20 Å². The third kappa shape index (κ3) is 8.93. The number of para-hydroxylation sites is 4. The number of fused-ring (bicyclic) bond motifs is 6. The molecular formula is C48H46BrClN2O2Zn. The van der Waals surface area contributed by atoms with Crippen LogP contribution in [-0.2, 0) is 16.3 Å². The summed E-state index contributed by atoms with van der Waals surface area (Å²) in [5.74, 6) is 0.681. The Morgan fingerprint density at radius 3 is 1.60 bits per heavy atom. The van der Waals surface area contributed by atoms with Crippen molar-refractivity contribution in [2.24, 2.45) is 0 Å². The van der Waals surface area contributed by atoms with Crippen molar-refractivity contribution >= 4 is 69.1 Å². The molecule has 0 atom stereocenters. The van der Waals surface area contributed by atoms with Crippen LogP contribution in [0.3, 0.4) is 0 Å². The fourth-order valence-corrected chi connectivity index (χ4v) is 8.13. The second-order valence-corrected chi connectivity index (χ2v) is 15.0. The molecule has 0 bridgehead atoms. The normalized spacial score (nSPS) is 14.5. The van der Waals surface area contributed by atoms with Crippen molar-refractivity contribution < 1.29 is 25.2 Å². The molecule has 0 unspecified atom stereocenters. The summed E-state index contributed by atoms with van der Waals surface area (Å²) in [5, 5.41) is 5.27. The summed E-state index contributed by atoms with van der Waals surface area (Å²) < 4.78 is 12.2. The number of benzene rings is 4. The van der Waals surface area contributed by atoms with Gasteiger partial charge in [-0.15, -0.1) is 0 Å². The van der Waals surface area contributed by atoms with Crippen molar-refractivity contribution in [3.05, 3.63) is 138 Å². The summed E-state index contributed by atoms with van der Waals surface area (Å²) in [6.45, 7) is 4.14. The van der Waals surface area contributed by atoms with Gasteiger partial charge in [0.2, 0.25) is 0 Å². The monoisotopic (exact) mass is 860 g/mol. The molecule has 7 heteroatoms. The Morgan fingerprint density at radius 1 is 0.600 bits per heavy atom. The number of hydrogen-bond donors (Lipinski definition) is 0. The first-order valence-corrected chi connectivity index (χ1v) is 26.9. The predicted molar refractivity (Wildman–Crippen MR) is 231 cm³/mol. The molecule has 2 aliphatic rings. The van der Waals surface area contributed by atoms with Gasteiger partial charge in [-0.3, -0.25) is 9.97 Å². The Labute approximate surface area is 346 Å². The first-order valence-electron chi connectivity index (χ1n) is 19.5. The molecule has 2 saturated carbocycles. The molecule has 276 valence electrons. The SMILES string of the molecule is Cc1cnc(-c2cccc3c2oc2ccccc23)cc1C1CCCCC1.Cc1cnc(-c2cccc3c2oc2ccccc23)cc1Cl.[CH-]1CCCCC1.[Zn+][Br]. The van der Waals surface area contributed by atoms with Crippen LogP contribution in [0.1, 0.15) is 86.8 Å². The minimum absolute atomic E-state index is 0.681.